The number of hydrogen-bond acceptors (Lipinski definition) is 8. The van der Waals surface area contributed by atoms with Crippen LogP contribution in [0.4, 0.5) is 0 Å². The van der Waals surface area contributed by atoms with Gasteiger partial charge in [0.2, 0.25) is 0 Å². The van der Waals surface area contributed by atoms with Gasteiger partial charge in [-0.05, 0) is 0 Å². The normalized spacial score (nSPS) is 23.6. The fourth-order valence-electron chi connectivity index (χ4n) is 4.89. The van der Waals surface area contributed by atoms with E-state index in [1.54, 1.807) is 0 Å². The standard InChI is InChI=1S/C32H41O8Se/c33-16-26(34)30(36)31(37)27(35)21-41-22-28(39-18-24-12-6-2-7-13-24)32(40-19-25-14-8-3-9-15-25)29(41)20-38-17-23-10-4-1-5-11-23/h1-15,26-37H,16-22H2/q+1/t26-,27+,28+,29+,30+,31+,32+,41?/m0/s1. The second kappa shape index (κ2) is 16.5. The number of hydrogen-bond donors (Lipinski definition) is 5. The number of ether oxygens (including phenoxy) is 3. The summed E-state index contributed by atoms with van der Waals surface area (Å²) in [6.45, 7) is 0.932. The summed E-state index contributed by atoms with van der Waals surface area (Å²) in [6.07, 6.45) is -6.62. The van der Waals surface area contributed by atoms with Crippen LogP contribution in [0.1, 0.15) is 16.7 Å². The van der Waals surface area contributed by atoms with Crippen molar-refractivity contribution in [2.45, 2.75) is 71.9 Å². The molecule has 9 heteroatoms. The van der Waals surface area contributed by atoms with Crippen LogP contribution in [-0.2, 0) is 34.0 Å². The number of rotatable bonds is 16. The van der Waals surface area contributed by atoms with Gasteiger partial charge in [-0.15, -0.1) is 0 Å². The molecule has 0 aliphatic carbocycles. The Bertz CT molecular complexity index is 1120. The summed E-state index contributed by atoms with van der Waals surface area (Å²) >= 11 is -1.75. The van der Waals surface area contributed by atoms with Crippen LogP contribution in [0.15, 0.2) is 91.0 Å². The van der Waals surface area contributed by atoms with Gasteiger partial charge in [-0.1, -0.05) is 0 Å². The fraction of sp³-hybridized carbons (Fsp3) is 0.438. The molecular formula is C32H41O8Se+. The number of aliphatic hydroxyl groups is 5. The molecule has 1 aliphatic rings. The molecule has 8 atom stereocenters. The molecule has 5 N–H and O–H groups in total. The van der Waals surface area contributed by atoms with Crippen molar-refractivity contribution in [2.75, 3.05) is 13.2 Å². The summed E-state index contributed by atoms with van der Waals surface area (Å²) in [5.41, 5.74) is 3.14. The molecule has 0 spiro atoms. The van der Waals surface area contributed by atoms with Gasteiger partial charge >= 0.3 is 246 Å². The molecule has 1 unspecified atom stereocenters. The van der Waals surface area contributed by atoms with Crippen LogP contribution in [0.5, 0.6) is 0 Å². The predicted molar refractivity (Wildman–Crippen MR) is 156 cm³/mol. The molecule has 1 fully saturated rings. The molecule has 8 nitrogen and oxygen atoms in total. The topological polar surface area (TPSA) is 129 Å². The molecule has 1 aliphatic heterocycles. The van der Waals surface area contributed by atoms with Crippen LogP contribution in [0.3, 0.4) is 0 Å². The van der Waals surface area contributed by atoms with E-state index in [0.717, 1.165) is 16.7 Å². The molecule has 0 aromatic heterocycles. The first-order chi connectivity index (χ1) is 20.0. The van der Waals surface area contributed by atoms with Crippen LogP contribution in [-0.4, -0.2) is 89.3 Å². The van der Waals surface area contributed by atoms with E-state index in [2.05, 4.69) is 0 Å². The molecule has 1 heterocycles. The van der Waals surface area contributed by atoms with Crippen molar-refractivity contribution in [1.82, 2.24) is 0 Å². The van der Waals surface area contributed by atoms with E-state index in [9.17, 15) is 25.5 Å². The van der Waals surface area contributed by atoms with Gasteiger partial charge in [-0.2, -0.15) is 0 Å². The van der Waals surface area contributed by atoms with Crippen molar-refractivity contribution in [3.05, 3.63) is 108 Å². The third kappa shape index (κ3) is 9.43. The van der Waals surface area contributed by atoms with Gasteiger partial charge in [0.05, 0.1) is 0 Å². The molecule has 3 aromatic carbocycles. The molecule has 1 saturated heterocycles. The van der Waals surface area contributed by atoms with Crippen LogP contribution in [0.2, 0.25) is 15.5 Å². The SMILES string of the molecule is OC[C@H](O)[C@@H](O)[C@H](O)[C@H](O)C[Se+]1C[C@@H](OCc2ccccc2)[C@@H](OCc2ccccc2)[C@H]1COCc1ccccc1. The predicted octanol–water partition coefficient (Wildman–Crippen LogP) is 2.69. The van der Waals surface area contributed by atoms with E-state index >= 15 is 0 Å². The Morgan fingerprint density at radius 2 is 1.15 bits per heavy atom. The number of benzene rings is 3. The average molecular weight is 633 g/mol. The molecule has 0 bridgehead atoms. The summed E-state index contributed by atoms with van der Waals surface area (Å²) in [5.74, 6) is 0. The zero-order valence-electron chi connectivity index (χ0n) is 23.0. The van der Waals surface area contributed by atoms with E-state index in [1.165, 1.54) is 0 Å². The maximum atomic E-state index is 10.9. The molecule has 3 aromatic rings. The van der Waals surface area contributed by atoms with Crippen molar-refractivity contribution in [2.24, 2.45) is 0 Å². The van der Waals surface area contributed by atoms with E-state index < -0.39 is 44.9 Å². The quantitative estimate of drug-likeness (QED) is 0.153. The Balaban J connectivity index is 1.52. The Hall–Kier alpha value is -2.14. The van der Waals surface area contributed by atoms with Gasteiger partial charge in [-0.3, -0.25) is 0 Å². The van der Waals surface area contributed by atoms with Crippen LogP contribution in [0, 0.1) is 0 Å². The third-order valence-corrected chi connectivity index (χ3v) is 13.1. The Kier molecular flexibility index (Phi) is 12.8. The third-order valence-electron chi connectivity index (χ3n) is 7.24. The van der Waals surface area contributed by atoms with Gasteiger partial charge < -0.3 is 0 Å². The minimum atomic E-state index is -1.75. The van der Waals surface area contributed by atoms with Crippen LogP contribution >= 0.6 is 0 Å². The van der Waals surface area contributed by atoms with E-state index in [-0.39, 0.29) is 22.3 Å². The van der Waals surface area contributed by atoms with Gasteiger partial charge in [0, 0.05) is 0 Å². The average Bonchev–Trinajstić information content (AvgIpc) is 3.34. The summed E-state index contributed by atoms with van der Waals surface area (Å²) in [5, 5.41) is 51.6. The molecule has 41 heavy (non-hydrogen) atoms. The van der Waals surface area contributed by atoms with E-state index in [4.69, 9.17) is 14.2 Å². The van der Waals surface area contributed by atoms with Crippen LogP contribution in [0.25, 0.3) is 0 Å². The summed E-state index contributed by atoms with van der Waals surface area (Å²) < 4.78 is 19.2. The van der Waals surface area contributed by atoms with Crippen LogP contribution < -0.4 is 0 Å². The van der Waals surface area contributed by atoms with Gasteiger partial charge in [0.25, 0.3) is 0 Å². The summed E-state index contributed by atoms with van der Waals surface area (Å²) in [4.78, 5) is -0.0510. The van der Waals surface area contributed by atoms with Gasteiger partial charge in [0.1, 0.15) is 0 Å². The summed E-state index contributed by atoms with van der Waals surface area (Å²) in [6, 6.07) is 29.7. The van der Waals surface area contributed by atoms with Crippen molar-refractivity contribution in [3.8, 4) is 0 Å². The van der Waals surface area contributed by atoms with Crippen molar-refractivity contribution in [1.29, 1.82) is 0 Å². The zero-order valence-corrected chi connectivity index (χ0v) is 24.7. The first-order valence-electron chi connectivity index (χ1n) is 13.9. The minimum absolute atomic E-state index is 0.0510. The van der Waals surface area contributed by atoms with Crippen molar-refractivity contribution < 1.29 is 39.7 Å². The molecule has 0 saturated carbocycles. The second-order valence-electron chi connectivity index (χ2n) is 10.3. The molecule has 4 rings (SSSR count). The van der Waals surface area contributed by atoms with Gasteiger partial charge in [-0.25, -0.2) is 0 Å². The van der Waals surface area contributed by atoms with Crippen molar-refractivity contribution in [3.63, 3.8) is 0 Å². The summed E-state index contributed by atoms with van der Waals surface area (Å²) in [7, 11) is 0. The monoisotopic (exact) mass is 633 g/mol. The van der Waals surface area contributed by atoms with Crippen molar-refractivity contribution >= 4 is 13.9 Å². The maximum absolute atomic E-state index is 10.9. The molecular weight excluding hydrogens is 591 g/mol. The molecule has 0 amide bonds. The van der Waals surface area contributed by atoms with E-state index in [1.807, 2.05) is 91.0 Å². The molecule has 0 radical (unpaired) electrons. The molecule has 222 valence electrons. The Labute approximate surface area is 246 Å². The van der Waals surface area contributed by atoms with Gasteiger partial charge in [0.15, 0.2) is 0 Å². The second-order valence-corrected chi connectivity index (χ2v) is 15.2. The Morgan fingerprint density at radius 1 is 0.659 bits per heavy atom. The number of aliphatic hydroxyl groups excluding tert-OH is 5. The fourth-order valence-corrected chi connectivity index (χ4v) is 11.0. The first-order valence-corrected chi connectivity index (χ1v) is 17.3. The Morgan fingerprint density at radius 3 is 1.68 bits per heavy atom. The first kappa shape index (κ1) is 31.8. The van der Waals surface area contributed by atoms with E-state index in [0.29, 0.717) is 31.7 Å². The zero-order chi connectivity index (χ0) is 29.0.